The maximum absolute atomic E-state index is 12.3. The van der Waals surface area contributed by atoms with Crippen LogP contribution >= 0.6 is 11.6 Å². The van der Waals surface area contributed by atoms with Crippen molar-refractivity contribution in [2.75, 3.05) is 7.11 Å². The number of benzene rings is 1. The van der Waals surface area contributed by atoms with Gasteiger partial charge in [-0.05, 0) is 24.3 Å². The van der Waals surface area contributed by atoms with Crippen LogP contribution in [0.1, 0.15) is 28.6 Å². The molecule has 18 heavy (non-hydrogen) atoms. The molecule has 0 radical (unpaired) electrons. The first kappa shape index (κ1) is 12.7. The fourth-order valence-electron chi connectivity index (χ4n) is 1.78. The minimum Gasteiger partial charge on any atom is -0.495 e. The Balaban J connectivity index is 2.37. The number of hydrogen-bond acceptors (Lipinski definition) is 3. The van der Waals surface area contributed by atoms with Gasteiger partial charge in [0.15, 0.2) is 5.78 Å². The van der Waals surface area contributed by atoms with Gasteiger partial charge in [0.05, 0.1) is 24.0 Å². The standard InChI is InChI=1S/C14H13ClO3/c1-3-12-10(6-7-18-12)14(16)9-4-5-13(17-2)11(15)8-9/h4-8H,3H2,1-2H3. The average molecular weight is 265 g/mol. The third-order valence-corrected chi connectivity index (χ3v) is 3.02. The van der Waals surface area contributed by atoms with E-state index in [4.69, 9.17) is 20.8 Å². The maximum atomic E-state index is 12.3. The van der Waals surface area contributed by atoms with E-state index < -0.39 is 0 Å². The van der Waals surface area contributed by atoms with Gasteiger partial charge in [-0.1, -0.05) is 18.5 Å². The quantitative estimate of drug-likeness (QED) is 0.790. The normalized spacial score (nSPS) is 10.4. The van der Waals surface area contributed by atoms with Crippen molar-refractivity contribution in [1.29, 1.82) is 0 Å². The number of rotatable bonds is 4. The molecular weight excluding hydrogens is 252 g/mol. The molecule has 2 rings (SSSR count). The third kappa shape index (κ3) is 2.27. The van der Waals surface area contributed by atoms with Gasteiger partial charge < -0.3 is 9.15 Å². The molecule has 0 bridgehead atoms. The van der Waals surface area contributed by atoms with Gasteiger partial charge >= 0.3 is 0 Å². The predicted octanol–water partition coefficient (Wildman–Crippen LogP) is 3.74. The molecule has 0 unspecified atom stereocenters. The van der Waals surface area contributed by atoms with E-state index in [2.05, 4.69) is 0 Å². The highest BCUT2D eigenvalue weighted by Gasteiger charge is 2.16. The fraction of sp³-hybridized carbons (Fsp3) is 0.214. The summed E-state index contributed by atoms with van der Waals surface area (Å²) in [7, 11) is 1.54. The van der Waals surface area contributed by atoms with E-state index >= 15 is 0 Å². The molecular formula is C14H13ClO3. The second-order valence-electron chi connectivity index (χ2n) is 3.79. The van der Waals surface area contributed by atoms with E-state index in [0.717, 1.165) is 0 Å². The van der Waals surface area contributed by atoms with E-state index in [-0.39, 0.29) is 5.78 Å². The van der Waals surface area contributed by atoms with Crippen LogP contribution < -0.4 is 4.74 Å². The summed E-state index contributed by atoms with van der Waals surface area (Å²) in [4.78, 5) is 12.3. The Morgan fingerprint density at radius 3 is 2.78 bits per heavy atom. The largest absolute Gasteiger partial charge is 0.495 e. The molecule has 3 nitrogen and oxygen atoms in total. The van der Waals surface area contributed by atoms with Crippen molar-refractivity contribution in [3.63, 3.8) is 0 Å². The van der Waals surface area contributed by atoms with Crippen molar-refractivity contribution in [2.24, 2.45) is 0 Å². The van der Waals surface area contributed by atoms with Crippen LogP contribution in [-0.4, -0.2) is 12.9 Å². The van der Waals surface area contributed by atoms with Gasteiger partial charge in [-0.25, -0.2) is 0 Å². The zero-order chi connectivity index (χ0) is 13.1. The highest BCUT2D eigenvalue weighted by Crippen LogP contribution is 2.26. The Morgan fingerprint density at radius 2 is 2.17 bits per heavy atom. The van der Waals surface area contributed by atoms with Crippen molar-refractivity contribution in [3.05, 3.63) is 52.4 Å². The highest BCUT2D eigenvalue weighted by molar-refractivity contribution is 6.32. The van der Waals surface area contributed by atoms with Crippen LogP contribution in [0.4, 0.5) is 0 Å². The zero-order valence-electron chi connectivity index (χ0n) is 10.2. The summed E-state index contributed by atoms with van der Waals surface area (Å²) < 4.78 is 10.3. The van der Waals surface area contributed by atoms with E-state index in [9.17, 15) is 4.79 Å². The summed E-state index contributed by atoms with van der Waals surface area (Å²) in [5.41, 5.74) is 1.11. The van der Waals surface area contributed by atoms with Crippen LogP contribution in [0.25, 0.3) is 0 Å². The molecule has 0 N–H and O–H groups in total. The van der Waals surface area contributed by atoms with Crippen molar-refractivity contribution >= 4 is 17.4 Å². The van der Waals surface area contributed by atoms with Crippen molar-refractivity contribution in [3.8, 4) is 5.75 Å². The first-order valence-electron chi connectivity index (χ1n) is 5.62. The first-order valence-corrected chi connectivity index (χ1v) is 5.99. The number of ketones is 1. The Labute approximate surface area is 110 Å². The zero-order valence-corrected chi connectivity index (χ0v) is 11.0. The molecule has 0 saturated heterocycles. The molecule has 0 atom stereocenters. The lowest BCUT2D eigenvalue weighted by molar-refractivity contribution is 0.103. The smallest absolute Gasteiger partial charge is 0.196 e. The van der Waals surface area contributed by atoms with Crippen LogP contribution in [0.3, 0.4) is 0 Å². The maximum Gasteiger partial charge on any atom is 0.196 e. The number of ether oxygens (including phenoxy) is 1. The molecule has 0 fully saturated rings. The number of aryl methyl sites for hydroxylation is 1. The summed E-state index contributed by atoms with van der Waals surface area (Å²) in [5.74, 6) is 1.15. The molecule has 0 amide bonds. The van der Waals surface area contributed by atoms with Crippen molar-refractivity contribution in [1.82, 2.24) is 0 Å². The Morgan fingerprint density at radius 1 is 1.39 bits per heavy atom. The van der Waals surface area contributed by atoms with Crippen molar-refractivity contribution in [2.45, 2.75) is 13.3 Å². The van der Waals surface area contributed by atoms with Gasteiger partial charge in [-0.2, -0.15) is 0 Å². The number of furan rings is 1. The number of halogens is 1. The Kier molecular flexibility index (Phi) is 3.72. The van der Waals surface area contributed by atoms with E-state index in [1.54, 1.807) is 24.3 Å². The average Bonchev–Trinajstić information content (AvgIpc) is 2.86. The summed E-state index contributed by atoms with van der Waals surface area (Å²) in [6, 6.07) is 6.66. The summed E-state index contributed by atoms with van der Waals surface area (Å²) in [6.45, 7) is 1.94. The van der Waals surface area contributed by atoms with Gasteiger partial charge in [0.2, 0.25) is 0 Å². The van der Waals surface area contributed by atoms with Gasteiger partial charge in [0.1, 0.15) is 11.5 Å². The second-order valence-corrected chi connectivity index (χ2v) is 4.20. The lowest BCUT2D eigenvalue weighted by Gasteiger charge is -2.05. The molecule has 94 valence electrons. The Bertz CT molecular complexity index is 572. The molecule has 0 aliphatic rings. The molecule has 0 aliphatic carbocycles. The van der Waals surface area contributed by atoms with Gasteiger partial charge in [0, 0.05) is 12.0 Å². The molecule has 0 aliphatic heterocycles. The highest BCUT2D eigenvalue weighted by atomic mass is 35.5. The molecule has 4 heteroatoms. The molecule has 0 saturated carbocycles. The lowest BCUT2D eigenvalue weighted by atomic mass is 10.0. The minimum absolute atomic E-state index is 0.0925. The van der Waals surface area contributed by atoms with E-state index in [1.807, 2.05) is 6.92 Å². The number of hydrogen-bond donors (Lipinski definition) is 0. The SMILES string of the molecule is CCc1occc1C(=O)c1ccc(OC)c(Cl)c1. The lowest BCUT2D eigenvalue weighted by Crippen LogP contribution is -2.03. The van der Waals surface area contributed by atoms with Crippen LogP contribution in [0.5, 0.6) is 5.75 Å². The second kappa shape index (κ2) is 5.27. The van der Waals surface area contributed by atoms with Crippen LogP contribution in [0.15, 0.2) is 34.9 Å². The monoisotopic (exact) mass is 264 g/mol. The third-order valence-electron chi connectivity index (χ3n) is 2.73. The molecule has 2 aromatic rings. The van der Waals surface area contributed by atoms with Gasteiger partial charge in [-0.3, -0.25) is 4.79 Å². The van der Waals surface area contributed by atoms with Gasteiger partial charge in [-0.15, -0.1) is 0 Å². The summed E-state index contributed by atoms with van der Waals surface area (Å²) in [5, 5.41) is 0.421. The fourth-order valence-corrected chi connectivity index (χ4v) is 2.04. The molecule has 1 aromatic carbocycles. The number of carbonyl (C=O) groups excluding carboxylic acids is 1. The van der Waals surface area contributed by atoms with Crippen molar-refractivity contribution < 1.29 is 13.9 Å². The number of carbonyl (C=O) groups is 1. The minimum atomic E-state index is -0.0925. The molecule has 1 aromatic heterocycles. The van der Waals surface area contributed by atoms with E-state index in [1.165, 1.54) is 13.4 Å². The molecule has 0 spiro atoms. The Hall–Kier alpha value is -1.74. The van der Waals surface area contributed by atoms with E-state index in [0.29, 0.717) is 34.1 Å². The van der Waals surface area contributed by atoms with Crippen LogP contribution in [0.2, 0.25) is 5.02 Å². The van der Waals surface area contributed by atoms with Crippen LogP contribution in [-0.2, 0) is 6.42 Å². The summed E-state index contributed by atoms with van der Waals surface area (Å²) in [6.07, 6.45) is 2.20. The summed E-state index contributed by atoms with van der Waals surface area (Å²) >= 11 is 6.01. The topological polar surface area (TPSA) is 39.4 Å². The molecule has 1 heterocycles. The number of methoxy groups -OCH3 is 1. The van der Waals surface area contributed by atoms with Gasteiger partial charge in [0.25, 0.3) is 0 Å². The first-order chi connectivity index (χ1) is 8.67. The van der Waals surface area contributed by atoms with Crippen LogP contribution in [0, 0.1) is 0 Å². The predicted molar refractivity (Wildman–Crippen MR) is 69.5 cm³/mol.